The first-order chi connectivity index (χ1) is 19.5. The molecule has 0 saturated heterocycles. The maximum Gasteiger partial charge on any atom is 0.573 e. The Morgan fingerprint density at radius 3 is 2.41 bits per heavy atom. The fraction of sp³-hybridized carbons (Fsp3) is 0.143. The van der Waals surface area contributed by atoms with Crippen molar-refractivity contribution in [3.05, 3.63) is 94.6 Å². The number of nitrogens with zero attached hydrogens (tertiary/aromatic N) is 3. The monoisotopic (exact) mass is 583 g/mol. The Bertz CT molecular complexity index is 1640. The molecule has 1 aliphatic heterocycles. The molecule has 1 aliphatic rings. The first kappa shape index (κ1) is 27.7. The second-order valence-corrected chi connectivity index (χ2v) is 9.47. The van der Waals surface area contributed by atoms with Crippen LogP contribution in [0.15, 0.2) is 72.9 Å². The van der Waals surface area contributed by atoms with Crippen molar-refractivity contribution in [2.75, 3.05) is 11.9 Å². The lowest BCUT2D eigenvalue weighted by Gasteiger charge is -2.13. The number of aryl methyl sites for hydroxylation is 2. The molecule has 0 fully saturated rings. The van der Waals surface area contributed by atoms with Gasteiger partial charge in [0, 0.05) is 21.8 Å². The largest absolute Gasteiger partial charge is 0.573 e. The topological polar surface area (TPSA) is 107 Å². The molecule has 3 aromatic carbocycles. The van der Waals surface area contributed by atoms with Gasteiger partial charge in [0.25, 0.3) is 0 Å². The fourth-order valence-corrected chi connectivity index (χ4v) is 4.70. The van der Waals surface area contributed by atoms with Gasteiger partial charge in [-0.2, -0.15) is 0 Å². The maximum atomic E-state index is 12.7. The Balaban J connectivity index is 1.26. The van der Waals surface area contributed by atoms with Crippen LogP contribution in [-0.4, -0.2) is 39.5 Å². The number of halogens is 4. The number of Topliss-reactive ketones (excluding diaryl/α,β-unsaturated/α-hetero) is 1. The average Bonchev–Trinajstić information content (AvgIpc) is 3.51. The molecular weight excluding hydrogens is 563 g/mol. The van der Waals surface area contributed by atoms with Crippen LogP contribution >= 0.6 is 11.6 Å². The van der Waals surface area contributed by atoms with E-state index in [0.717, 1.165) is 11.1 Å². The van der Waals surface area contributed by atoms with Gasteiger partial charge in [0.15, 0.2) is 12.4 Å². The summed E-state index contributed by atoms with van der Waals surface area (Å²) < 4.78 is 47.9. The third-order valence-electron chi connectivity index (χ3n) is 5.99. The Morgan fingerprint density at radius 2 is 1.76 bits per heavy atom. The number of ether oxygens (including phenoxy) is 2. The van der Waals surface area contributed by atoms with Crippen molar-refractivity contribution < 1.29 is 32.2 Å². The molecular formula is C28H21ClF3N5O4. The van der Waals surface area contributed by atoms with Crippen molar-refractivity contribution in [2.45, 2.75) is 20.2 Å². The van der Waals surface area contributed by atoms with Gasteiger partial charge in [0.2, 0.25) is 11.7 Å². The van der Waals surface area contributed by atoms with Crippen LogP contribution in [0.2, 0.25) is 5.02 Å². The van der Waals surface area contributed by atoms with Gasteiger partial charge in [-0.1, -0.05) is 17.7 Å². The van der Waals surface area contributed by atoms with E-state index in [4.69, 9.17) is 16.3 Å². The van der Waals surface area contributed by atoms with E-state index in [2.05, 4.69) is 25.5 Å². The van der Waals surface area contributed by atoms with E-state index in [9.17, 15) is 22.8 Å². The van der Waals surface area contributed by atoms with Crippen molar-refractivity contribution in [3.8, 4) is 22.8 Å². The standard InChI is InChI=1S/C28H21ClF3N5O4/c1-15-11-16(2)23(21(29)12-15)24-22(38)13-40-26(24)35-27(39)34-18-5-3-17(4-6-18)25-33-14-37(36-25)19-7-9-20(10-8-19)41-28(30,31)32/h3-12,14H,13H2,1-2H3,(H2,34,35,39). The minimum Gasteiger partial charge on any atom is -0.470 e. The molecule has 210 valence electrons. The molecule has 0 bridgehead atoms. The molecule has 0 saturated carbocycles. The van der Waals surface area contributed by atoms with E-state index in [0.29, 0.717) is 33.3 Å². The van der Waals surface area contributed by atoms with E-state index in [1.807, 2.05) is 19.9 Å². The molecule has 9 nitrogen and oxygen atoms in total. The van der Waals surface area contributed by atoms with E-state index in [1.54, 1.807) is 30.3 Å². The van der Waals surface area contributed by atoms with Gasteiger partial charge in [0.1, 0.15) is 12.1 Å². The number of ketones is 1. The Labute approximate surface area is 236 Å². The minimum atomic E-state index is -4.78. The summed E-state index contributed by atoms with van der Waals surface area (Å²) in [5.74, 6) is -0.266. The zero-order valence-corrected chi connectivity index (χ0v) is 22.3. The first-order valence-electron chi connectivity index (χ1n) is 12.1. The van der Waals surface area contributed by atoms with Crippen molar-refractivity contribution in [1.82, 2.24) is 20.1 Å². The summed E-state index contributed by atoms with van der Waals surface area (Å²) in [6, 6.07) is 14.8. The zero-order chi connectivity index (χ0) is 29.3. The highest BCUT2D eigenvalue weighted by molar-refractivity contribution is 6.36. The predicted molar refractivity (Wildman–Crippen MR) is 144 cm³/mol. The summed E-state index contributed by atoms with van der Waals surface area (Å²) in [6.07, 6.45) is -3.35. The van der Waals surface area contributed by atoms with Gasteiger partial charge >= 0.3 is 12.4 Å². The number of anilines is 1. The summed E-state index contributed by atoms with van der Waals surface area (Å²) in [6.45, 7) is 3.50. The number of alkyl halides is 3. The summed E-state index contributed by atoms with van der Waals surface area (Å²) in [5.41, 5.74) is 4.00. The molecule has 4 aromatic rings. The molecule has 2 heterocycles. The lowest BCUT2D eigenvalue weighted by atomic mass is 9.97. The lowest BCUT2D eigenvalue weighted by molar-refractivity contribution is -0.274. The van der Waals surface area contributed by atoms with Crippen LogP contribution in [0.4, 0.5) is 23.7 Å². The molecule has 0 unspecified atom stereocenters. The van der Waals surface area contributed by atoms with Crippen molar-refractivity contribution in [1.29, 1.82) is 0 Å². The normalized spacial score (nSPS) is 13.3. The smallest absolute Gasteiger partial charge is 0.470 e. The van der Waals surface area contributed by atoms with E-state index < -0.39 is 12.4 Å². The SMILES string of the molecule is Cc1cc(C)c(C2=C(NC(=O)Nc3ccc(-c4ncn(-c5ccc(OC(F)(F)F)cc5)n4)cc3)OCC2=O)c(Cl)c1. The zero-order valence-electron chi connectivity index (χ0n) is 21.5. The highest BCUT2D eigenvalue weighted by Crippen LogP contribution is 2.34. The molecule has 2 amide bonds. The molecule has 0 spiro atoms. The highest BCUT2D eigenvalue weighted by Gasteiger charge is 2.31. The van der Waals surface area contributed by atoms with Gasteiger partial charge in [-0.25, -0.2) is 14.5 Å². The Hall–Kier alpha value is -4.84. The number of hydrogen-bond donors (Lipinski definition) is 2. The third kappa shape index (κ3) is 6.33. The van der Waals surface area contributed by atoms with Gasteiger partial charge in [0.05, 0.1) is 11.3 Å². The molecule has 5 rings (SSSR count). The van der Waals surface area contributed by atoms with Gasteiger partial charge < -0.3 is 14.8 Å². The number of urea groups is 1. The summed E-state index contributed by atoms with van der Waals surface area (Å²) in [5, 5.41) is 10.0. The van der Waals surface area contributed by atoms with Crippen LogP contribution in [0.3, 0.4) is 0 Å². The van der Waals surface area contributed by atoms with Crippen molar-refractivity contribution in [3.63, 3.8) is 0 Å². The van der Waals surface area contributed by atoms with Crippen LogP contribution in [0.5, 0.6) is 5.75 Å². The van der Waals surface area contributed by atoms with E-state index in [-0.39, 0.29) is 29.6 Å². The summed E-state index contributed by atoms with van der Waals surface area (Å²) >= 11 is 6.42. The van der Waals surface area contributed by atoms with Gasteiger partial charge in [-0.05, 0) is 79.6 Å². The molecule has 2 N–H and O–H groups in total. The van der Waals surface area contributed by atoms with Crippen LogP contribution in [-0.2, 0) is 9.53 Å². The lowest BCUT2D eigenvalue weighted by Crippen LogP contribution is -2.28. The Morgan fingerprint density at radius 1 is 1.05 bits per heavy atom. The molecule has 0 aliphatic carbocycles. The fourth-order valence-electron chi connectivity index (χ4n) is 4.28. The number of nitrogens with one attached hydrogen (secondary N) is 2. The number of carbonyl (C=O) groups excluding carboxylic acids is 2. The van der Waals surface area contributed by atoms with Crippen molar-refractivity contribution in [2.24, 2.45) is 0 Å². The number of amides is 2. The highest BCUT2D eigenvalue weighted by atomic mass is 35.5. The van der Waals surface area contributed by atoms with E-state index >= 15 is 0 Å². The molecule has 41 heavy (non-hydrogen) atoms. The van der Waals surface area contributed by atoms with E-state index in [1.165, 1.54) is 35.3 Å². The summed E-state index contributed by atoms with van der Waals surface area (Å²) in [7, 11) is 0. The Kier molecular flexibility index (Phi) is 7.41. The van der Waals surface area contributed by atoms with Gasteiger partial charge in [-0.3, -0.25) is 10.1 Å². The average molecular weight is 584 g/mol. The van der Waals surface area contributed by atoms with Crippen LogP contribution in [0.25, 0.3) is 22.6 Å². The van der Waals surface area contributed by atoms with Crippen molar-refractivity contribution >= 4 is 34.7 Å². The summed E-state index contributed by atoms with van der Waals surface area (Å²) in [4.78, 5) is 29.5. The molecule has 13 heteroatoms. The van der Waals surface area contributed by atoms with Gasteiger partial charge in [-0.15, -0.1) is 18.3 Å². The number of rotatable bonds is 6. The maximum absolute atomic E-state index is 12.7. The molecule has 0 atom stereocenters. The second-order valence-electron chi connectivity index (χ2n) is 9.07. The minimum absolute atomic E-state index is 0.0192. The predicted octanol–water partition coefficient (Wildman–Crippen LogP) is 6.19. The van der Waals surface area contributed by atoms with Crippen LogP contribution in [0.1, 0.15) is 16.7 Å². The van der Waals surface area contributed by atoms with Crippen LogP contribution < -0.4 is 15.4 Å². The number of hydrogen-bond acceptors (Lipinski definition) is 6. The quantitative estimate of drug-likeness (QED) is 0.280. The molecule has 1 aromatic heterocycles. The second kappa shape index (κ2) is 11.0. The third-order valence-corrected chi connectivity index (χ3v) is 6.29. The molecule has 0 radical (unpaired) electrons. The van der Waals surface area contributed by atoms with Crippen LogP contribution in [0, 0.1) is 13.8 Å². The number of benzene rings is 3. The first-order valence-corrected chi connectivity index (χ1v) is 12.5. The number of carbonyl (C=O) groups is 2. The number of aromatic nitrogens is 3.